The third-order valence-corrected chi connectivity index (χ3v) is 7.53. The number of nitrogens with zero attached hydrogens (tertiary/aromatic N) is 3. The van der Waals surface area contributed by atoms with E-state index in [9.17, 15) is 19.2 Å². The van der Waals surface area contributed by atoms with E-state index in [0.717, 1.165) is 44.7 Å². The van der Waals surface area contributed by atoms with Crippen LogP contribution in [0, 0.1) is 5.92 Å². The van der Waals surface area contributed by atoms with Gasteiger partial charge in [-0.05, 0) is 84.6 Å². The Morgan fingerprint density at radius 2 is 1.41 bits per heavy atom. The van der Waals surface area contributed by atoms with Crippen molar-refractivity contribution in [1.29, 1.82) is 0 Å². The fraction of sp³-hybridized carbons (Fsp3) is 0.697. The smallest absolute Gasteiger partial charge is 0.410 e. The maximum atomic E-state index is 12.9. The second kappa shape index (κ2) is 15.1. The number of hydrogen-bond acceptors (Lipinski definition) is 8. The van der Waals surface area contributed by atoms with Gasteiger partial charge in [0, 0.05) is 69.5 Å². The summed E-state index contributed by atoms with van der Waals surface area (Å²) in [5.41, 5.74) is 0.320. The van der Waals surface area contributed by atoms with E-state index in [1.54, 1.807) is 32.9 Å². The van der Waals surface area contributed by atoms with Crippen molar-refractivity contribution < 1.29 is 28.7 Å². The number of likely N-dealkylation sites (tertiary alicyclic amines) is 1. The number of piperidine rings is 1. The van der Waals surface area contributed by atoms with Crippen molar-refractivity contribution >= 4 is 29.6 Å². The van der Waals surface area contributed by atoms with E-state index in [2.05, 4.69) is 20.4 Å². The molecule has 246 valence electrons. The zero-order valence-electron chi connectivity index (χ0n) is 27.9. The number of hydrogen-bond donors (Lipinski definition) is 2. The van der Waals surface area contributed by atoms with E-state index in [4.69, 9.17) is 9.47 Å². The average molecular weight is 616 g/mol. The molecule has 2 saturated heterocycles. The molecule has 2 heterocycles. The molecule has 1 aromatic carbocycles. The SMILES string of the molecule is CC(C)CC(=O)NC(CNC(=O)c1ccc(N2CCN(C3CCN(C(=O)OC(C)(C)C)CC3)CC2)cc1)C(=O)OC(C)(C)C. The fourth-order valence-electron chi connectivity index (χ4n) is 5.40. The van der Waals surface area contributed by atoms with Gasteiger partial charge in [0.25, 0.3) is 5.91 Å². The molecular formula is C33H53N5O6. The number of amides is 3. The highest BCUT2D eigenvalue weighted by Gasteiger charge is 2.31. The summed E-state index contributed by atoms with van der Waals surface area (Å²) in [6.45, 7) is 19.8. The first-order valence-electron chi connectivity index (χ1n) is 15.9. The zero-order chi connectivity index (χ0) is 32.7. The van der Waals surface area contributed by atoms with Crippen molar-refractivity contribution in [3.8, 4) is 0 Å². The molecule has 1 atom stereocenters. The van der Waals surface area contributed by atoms with Crippen molar-refractivity contribution in [2.24, 2.45) is 5.92 Å². The molecule has 3 amide bonds. The first-order chi connectivity index (χ1) is 20.5. The van der Waals surface area contributed by atoms with E-state index < -0.39 is 23.2 Å². The topological polar surface area (TPSA) is 121 Å². The Hall–Kier alpha value is -3.34. The van der Waals surface area contributed by atoms with Gasteiger partial charge in [0.1, 0.15) is 17.2 Å². The Bertz CT molecular complexity index is 1120. The molecular weight excluding hydrogens is 562 g/mol. The zero-order valence-corrected chi connectivity index (χ0v) is 27.9. The Labute approximate surface area is 263 Å². The number of ether oxygens (including phenoxy) is 2. The molecule has 2 aliphatic rings. The fourth-order valence-corrected chi connectivity index (χ4v) is 5.40. The van der Waals surface area contributed by atoms with Crippen molar-refractivity contribution in [1.82, 2.24) is 20.4 Å². The van der Waals surface area contributed by atoms with E-state index >= 15 is 0 Å². The summed E-state index contributed by atoms with van der Waals surface area (Å²) in [6.07, 6.45) is 1.93. The van der Waals surface area contributed by atoms with Gasteiger partial charge < -0.3 is 29.9 Å². The summed E-state index contributed by atoms with van der Waals surface area (Å²) in [7, 11) is 0. The minimum Gasteiger partial charge on any atom is -0.458 e. The third kappa shape index (κ3) is 11.3. The number of rotatable bonds is 9. The first-order valence-corrected chi connectivity index (χ1v) is 15.9. The molecule has 1 unspecified atom stereocenters. The lowest BCUT2D eigenvalue weighted by atomic mass is 10.0. The van der Waals surface area contributed by atoms with E-state index in [0.29, 0.717) is 24.7 Å². The van der Waals surface area contributed by atoms with Crippen LogP contribution in [0.1, 0.15) is 85.0 Å². The Morgan fingerprint density at radius 3 is 1.93 bits per heavy atom. The first kappa shape index (κ1) is 35.1. The monoisotopic (exact) mass is 615 g/mol. The molecule has 0 radical (unpaired) electrons. The summed E-state index contributed by atoms with van der Waals surface area (Å²) in [5, 5.41) is 5.49. The molecule has 44 heavy (non-hydrogen) atoms. The van der Waals surface area contributed by atoms with Gasteiger partial charge in [0.05, 0.1) is 0 Å². The average Bonchev–Trinajstić information content (AvgIpc) is 2.93. The number of carbonyl (C=O) groups is 4. The molecule has 1 aromatic rings. The molecule has 0 aromatic heterocycles. The van der Waals surface area contributed by atoms with Gasteiger partial charge in [0.2, 0.25) is 5.91 Å². The molecule has 0 saturated carbocycles. The predicted molar refractivity (Wildman–Crippen MR) is 171 cm³/mol. The van der Waals surface area contributed by atoms with Crippen LogP contribution in [0.15, 0.2) is 24.3 Å². The predicted octanol–water partition coefficient (Wildman–Crippen LogP) is 3.81. The van der Waals surface area contributed by atoms with Crippen LogP contribution in [0.5, 0.6) is 0 Å². The normalized spacial score (nSPS) is 17.7. The molecule has 11 heteroatoms. The lowest BCUT2D eigenvalue weighted by Crippen LogP contribution is -2.54. The quantitative estimate of drug-likeness (QED) is 0.403. The van der Waals surface area contributed by atoms with Crippen LogP contribution in [-0.4, -0.2) is 103 Å². The highest BCUT2D eigenvalue weighted by molar-refractivity contribution is 5.95. The number of piperazine rings is 1. The van der Waals surface area contributed by atoms with Crippen molar-refractivity contribution in [3.05, 3.63) is 29.8 Å². The van der Waals surface area contributed by atoms with Gasteiger partial charge >= 0.3 is 12.1 Å². The second-order valence-corrected chi connectivity index (χ2v) is 14.2. The van der Waals surface area contributed by atoms with E-state index in [1.807, 2.05) is 51.7 Å². The Balaban J connectivity index is 1.48. The van der Waals surface area contributed by atoms with Crippen LogP contribution < -0.4 is 15.5 Å². The maximum Gasteiger partial charge on any atom is 0.410 e. The Morgan fingerprint density at radius 1 is 0.841 bits per heavy atom. The Kier molecular flexibility index (Phi) is 12.1. The van der Waals surface area contributed by atoms with E-state index in [1.165, 1.54) is 0 Å². The van der Waals surface area contributed by atoms with Crippen LogP contribution in [0.2, 0.25) is 0 Å². The summed E-state index contributed by atoms with van der Waals surface area (Å²) in [4.78, 5) is 57.1. The van der Waals surface area contributed by atoms with Crippen LogP contribution in [0.25, 0.3) is 0 Å². The minimum atomic E-state index is -0.982. The summed E-state index contributed by atoms with van der Waals surface area (Å²) in [6, 6.07) is 6.93. The molecule has 2 N–H and O–H groups in total. The largest absolute Gasteiger partial charge is 0.458 e. The van der Waals surface area contributed by atoms with Crippen molar-refractivity contribution in [2.75, 3.05) is 50.7 Å². The standard InChI is InChI=1S/C33H53N5O6/c1-23(2)21-28(39)35-27(30(41)43-32(3,4)5)22-34-29(40)24-9-11-25(12-10-24)36-17-19-37(20-18-36)26-13-15-38(16-14-26)31(42)44-33(6,7)8/h9-12,23,26-27H,13-22H2,1-8H3,(H,34,40)(H,35,39). The van der Waals surface area contributed by atoms with Gasteiger partial charge in [-0.25, -0.2) is 9.59 Å². The van der Waals surface area contributed by atoms with Crippen LogP contribution in [0.3, 0.4) is 0 Å². The highest BCUT2D eigenvalue weighted by Crippen LogP contribution is 2.23. The van der Waals surface area contributed by atoms with Gasteiger partial charge in [-0.15, -0.1) is 0 Å². The van der Waals surface area contributed by atoms with Gasteiger partial charge in [-0.2, -0.15) is 0 Å². The number of nitrogens with one attached hydrogen (secondary N) is 2. The number of esters is 1. The minimum absolute atomic E-state index is 0.0714. The lowest BCUT2D eigenvalue weighted by Gasteiger charge is -2.43. The molecule has 0 aliphatic carbocycles. The number of benzene rings is 1. The van der Waals surface area contributed by atoms with Gasteiger partial charge in [0.15, 0.2) is 0 Å². The molecule has 11 nitrogen and oxygen atoms in total. The van der Waals surface area contributed by atoms with Gasteiger partial charge in [-0.3, -0.25) is 14.5 Å². The van der Waals surface area contributed by atoms with Crippen LogP contribution in [0.4, 0.5) is 10.5 Å². The highest BCUT2D eigenvalue weighted by atomic mass is 16.6. The third-order valence-electron chi connectivity index (χ3n) is 7.53. The van der Waals surface area contributed by atoms with Gasteiger partial charge in [-0.1, -0.05) is 13.8 Å². The number of anilines is 1. The van der Waals surface area contributed by atoms with Crippen molar-refractivity contribution in [3.63, 3.8) is 0 Å². The molecule has 0 bridgehead atoms. The maximum absolute atomic E-state index is 12.9. The van der Waals surface area contributed by atoms with Crippen LogP contribution in [-0.2, 0) is 19.1 Å². The summed E-state index contributed by atoms with van der Waals surface area (Å²) >= 11 is 0. The summed E-state index contributed by atoms with van der Waals surface area (Å²) in [5.74, 6) is -1.04. The van der Waals surface area contributed by atoms with Crippen LogP contribution >= 0.6 is 0 Å². The molecule has 0 spiro atoms. The molecule has 2 aliphatic heterocycles. The molecule has 2 fully saturated rings. The lowest BCUT2D eigenvalue weighted by molar-refractivity contribution is -0.158. The molecule has 3 rings (SSSR count). The summed E-state index contributed by atoms with van der Waals surface area (Å²) < 4.78 is 11.0. The van der Waals surface area contributed by atoms with Crippen molar-refractivity contribution in [2.45, 2.75) is 97.9 Å². The second-order valence-electron chi connectivity index (χ2n) is 14.2. The number of carbonyl (C=O) groups excluding carboxylic acids is 4. The van der Waals surface area contributed by atoms with E-state index in [-0.39, 0.29) is 36.8 Å².